The van der Waals surface area contributed by atoms with Gasteiger partial charge in [-0.2, -0.15) is 0 Å². The van der Waals surface area contributed by atoms with E-state index >= 15 is 0 Å². The number of anilines is 1. The molecule has 100 valence electrons. The number of rotatable bonds is 5. The predicted molar refractivity (Wildman–Crippen MR) is 72.3 cm³/mol. The minimum Gasteiger partial charge on any atom is -0.352 e. The Morgan fingerprint density at radius 3 is 3.00 bits per heavy atom. The lowest BCUT2D eigenvalue weighted by Crippen LogP contribution is -2.40. The summed E-state index contributed by atoms with van der Waals surface area (Å²) in [5, 5.41) is 3.46. The van der Waals surface area contributed by atoms with Crippen LogP contribution in [0, 0.1) is 11.7 Å². The zero-order valence-electron chi connectivity index (χ0n) is 11.2. The maximum atomic E-state index is 13.8. The third-order valence-electron chi connectivity index (χ3n) is 3.23. The molecule has 1 N–H and O–H groups in total. The molecule has 1 aromatic heterocycles. The van der Waals surface area contributed by atoms with E-state index in [-0.39, 0.29) is 5.82 Å². The van der Waals surface area contributed by atoms with Crippen LogP contribution in [0.15, 0.2) is 18.3 Å². The van der Waals surface area contributed by atoms with Crippen molar-refractivity contribution in [3.63, 3.8) is 0 Å². The number of hydrogen-bond acceptors (Lipinski definition) is 3. The minimum absolute atomic E-state index is 0.226. The van der Waals surface area contributed by atoms with E-state index in [1.54, 1.807) is 12.3 Å². The molecule has 1 aromatic rings. The smallest absolute Gasteiger partial charge is 0.165 e. The standard InChI is InChI=1S/C14H22FN3/c1-11(2)9-18(10-12-5-3-7-16-12)14-13(15)6-4-8-17-14/h4,6,8,11-12,16H,3,5,7,9-10H2,1-2H3. The van der Waals surface area contributed by atoms with E-state index in [4.69, 9.17) is 0 Å². The van der Waals surface area contributed by atoms with Crippen molar-refractivity contribution in [2.75, 3.05) is 24.5 Å². The molecule has 0 spiro atoms. The Kier molecular flexibility index (Phi) is 4.53. The lowest BCUT2D eigenvalue weighted by Gasteiger charge is -2.28. The van der Waals surface area contributed by atoms with Gasteiger partial charge in [0.15, 0.2) is 11.6 Å². The average molecular weight is 251 g/mol. The fourth-order valence-corrected chi connectivity index (χ4v) is 2.48. The SMILES string of the molecule is CC(C)CN(CC1CCCN1)c1ncccc1F. The van der Waals surface area contributed by atoms with Crippen molar-refractivity contribution in [1.82, 2.24) is 10.3 Å². The average Bonchev–Trinajstić information content (AvgIpc) is 2.81. The summed E-state index contributed by atoms with van der Waals surface area (Å²) in [6, 6.07) is 3.59. The van der Waals surface area contributed by atoms with Crippen LogP contribution in [0.5, 0.6) is 0 Å². The first-order valence-electron chi connectivity index (χ1n) is 6.75. The highest BCUT2D eigenvalue weighted by Crippen LogP contribution is 2.19. The molecule has 4 heteroatoms. The van der Waals surface area contributed by atoms with Crippen LogP contribution in [0.4, 0.5) is 10.2 Å². The van der Waals surface area contributed by atoms with E-state index in [9.17, 15) is 4.39 Å². The summed E-state index contributed by atoms with van der Waals surface area (Å²) in [6.45, 7) is 7.05. The van der Waals surface area contributed by atoms with Crippen LogP contribution in [-0.2, 0) is 0 Å². The topological polar surface area (TPSA) is 28.2 Å². The van der Waals surface area contributed by atoms with Crippen molar-refractivity contribution in [2.24, 2.45) is 5.92 Å². The highest BCUT2D eigenvalue weighted by molar-refractivity contribution is 5.40. The van der Waals surface area contributed by atoms with Crippen LogP contribution in [0.2, 0.25) is 0 Å². The van der Waals surface area contributed by atoms with E-state index in [1.807, 2.05) is 0 Å². The summed E-state index contributed by atoms with van der Waals surface area (Å²) in [6.07, 6.45) is 4.04. The zero-order chi connectivity index (χ0) is 13.0. The van der Waals surface area contributed by atoms with E-state index in [1.165, 1.54) is 18.9 Å². The first-order valence-corrected chi connectivity index (χ1v) is 6.75. The molecule has 1 atom stereocenters. The molecule has 0 bridgehead atoms. The van der Waals surface area contributed by atoms with Crippen LogP contribution in [0.25, 0.3) is 0 Å². The Balaban J connectivity index is 2.11. The molecule has 18 heavy (non-hydrogen) atoms. The Hall–Kier alpha value is -1.16. The maximum Gasteiger partial charge on any atom is 0.165 e. The van der Waals surface area contributed by atoms with E-state index in [0.29, 0.717) is 17.8 Å². The lowest BCUT2D eigenvalue weighted by atomic mass is 10.1. The summed E-state index contributed by atoms with van der Waals surface area (Å²) in [5.74, 6) is 0.754. The van der Waals surface area contributed by atoms with Crippen LogP contribution < -0.4 is 10.2 Å². The van der Waals surface area contributed by atoms with Gasteiger partial charge < -0.3 is 10.2 Å². The molecule has 0 amide bonds. The van der Waals surface area contributed by atoms with Crippen molar-refractivity contribution in [3.05, 3.63) is 24.1 Å². The molecular formula is C14H22FN3. The third kappa shape index (κ3) is 3.42. The van der Waals surface area contributed by atoms with Crippen LogP contribution >= 0.6 is 0 Å². The molecule has 2 heterocycles. The molecule has 3 nitrogen and oxygen atoms in total. The summed E-state index contributed by atoms with van der Waals surface area (Å²) < 4.78 is 13.8. The summed E-state index contributed by atoms with van der Waals surface area (Å²) in [7, 11) is 0. The fourth-order valence-electron chi connectivity index (χ4n) is 2.48. The van der Waals surface area contributed by atoms with Gasteiger partial charge in [0, 0.05) is 25.3 Å². The van der Waals surface area contributed by atoms with Gasteiger partial charge in [-0.15, -0.1) is 0 Å². The molecule has 0 aromatic carbocycles. The van der Waals surface area contributed by atoms with Crippen LogP contribution in [0.3, 0.4) is 0 Å². The van der Waals surface area contributed by atoms with Crippen LogP contribution in [-0.4, -0.2) is 30.7 Å². The first kappa shape index (κ1) is 13.3. The van der Waals surface area contributed by atoms with Gasteiger partial charge in [0.2, 0.25) is 0 Å². The molecule has 2 rings (SSSR count). The quantitative estimate of drug-likeness (QED) is 0.871. The Labute approximate surface area is 108 Å². The molecule has 1 aliphatic rings. The number of nitrogens with one attached hydrogen (secondary N) is 1. The second kappa shape index (κ2) is 6.14. The molecule has 1 unspecified atom stereocenters. The summed E-state index contributed by atoms with van der Waals surface area (Å²) >= 11 is 0. The van der Waals surface area contributed by atoms with Gasteiger partial charge in [-0.25, -0.2) is 9.37 Å². The Morgan fingerprint density at radius 1 is 1.56 bits per heavy atom. The molecule has 1 saturated heterocycles. The van der Waals surface area contributed by atoms with Gasteiger partial charge in [-0.05, 0) is 37.4 Å². The molecule has 1 aliphatic heterocycles. The van der Waals surface area contributed by atoms with Gasteiger partial charge in [0.25, 0.3) is 0 Å². The first-order chi connectivity index (χ1) is 8.66. The highest BCUT2D eigenvalue weighted by Gasteiger charge is 2.21. The number of pyridine rings is 1. The predicted octanol–water partition coefficient (Wildman–Crippen LogP) is 2.44. The molecule has 0 aliphatic carbocycles. The van der Waals surface area contributed by atoms with E-state index in [0.717, 1.165) is 19.6 Å². The van der Waals surface area contributed by atoms with Gasteiger partial charge in [-0.3, -0.25) is 0 Å². The van der Waals surface area contributed by atoms with Crippen molar-refractivity contribution >= 4 is 5.82 Å². The largest absolute Gasteiger partial charge is 0.352 e. The molecular weight excluding hydrogens is 229 g/mol. The lowest BCUT2D eigenvalue weighted by molar-refractivity contribution is 0.523. The second-order valence-electron chi connectivity index (χ2n) is 5.40. The second-order valence-corrected chi connectivity index (χ2v) is 5.40. The van der Waals surface area contributed by atoms with Crippen LogP contribution in [0.1, 0.15) is 26.7 Å². The van der Waals surface area contributed by atoms with Gasteiger partial charge in [0.05, 0.1) is 0 Å². The number of hydrogen-bond donors (Lipinski definition) is 1. The summed E-state index contributed by atoms with van der Waals surface area (Å²) in [5.41, 5.74) is 0. The molecule has 0 radical (unpaired) electrons. The summed E-state index contributed by atoms with van der Waals surface area (Å²) in [4.78, 5) is 6.27. The normalized spacial score (nSPS) is 19.4. The van der Waals surface area contributed by atoms with Gasteiger partial charge >= 0.3 is 0 Å². The Bertz CT molecular complexity index is 375. The highest BCUT2D eigenvalue weighted by atomic mass is 19.1. The van der Waals surface area contributed by atoms with Gasteiger partial charge in [-0.1, -0.05) is 13.8 Å². The van der Waals surface area contributed by atoms with Crippen molar-refractivity contribution < 1.29 is 4.39 Å². The molecule has 1 fully saturated rings. The number of nitrogens with zero attached hydrogens (tertiary/aromatic N) is 2. The fraction of sp³-hybridized carbons (Fsp3) is 0.643. The Morgan fingerprint density at radius 2 is 2.39 bits per heavy atom. The third-order valence-corrected chi connectivity index (χ3v) is 3.23. The zero-order valence-corrected chi connectivity index (χ0v) is 11.2. The van der Waals surface area contributed by atoms with E-state index in [2.05, 4.69) is 29.0 Å². The minimum atomic E-state index is -0.226. The monoisotopic (exact) mass is 251 g/mol. The number of halogens is 1. The van der Waals surface area contributed by atoms with E-state index < -0.39 is 0 Å². The van der Waals surface area contributed by atoms with Crippen molar-refractivity contribution in [2.45, 2.75) is 32.7 Å². The maximum absolute atomic E-state index is 13.8. The molecule has 0 saturated carbocycles. The van der Waals surface area contributed by atoms with Crippen molar-refractivity contribution in [1.29, 1.82) is 0 Å². The van der Waals surface area contributed by atoms with Crippen molar-refractivity contribution in [3.8, 4) is 0 Å². The number of aromatic nitrogens is 1. The van der Waals surface area contributed by atoms with Gasteiger partial charge in [0.1, 0.15) is 0 Å².